The number of hydrogen-bond acceptors (Lipinski definition) is 8. The Balaban J connectivity index is 2.19. The fourth-order valence-corrected chi connectivity index (χ4v) is 10.5. The minimum atomic E-state index is -1.57. The highest BCUT2D eigenvalue weighted by atomic mass is 16.7. The van der Waals surface area contributed by atoms with Crippen LogP contribution in [0.5, 0.6) is 0 Å². The van der Waals surface area contributed by atoms with Crippen LogP contribution in [0.1, 0.15) is 322 Å². The van der Waals surface area contributed by atoms with Gasteiger partial charge in [0.25, 0.3) is 0 Å². The van der Waals surface area contributed by atoms with Crippen molar-refractivity contribution in [3.05, 3.63) is 36.5 Å². The number of ether oxygens (including phenoxy) is 2. The summed E-state index contributed by atoms with van der Waals surface area (Å²) in [4.78, 5) is 13.1. The monoisotopic (exact) mass is 1060 g/mol. The molecule has 6 N–H and O–H groups in total. The molecule has 7 unspecified atom stereocenters. The first kappa shape index (κ1) is 71.4. The first-order valence-corrected chi connectivity index (χ1v) is 32.7. The zero-order chi connectivity index (χ0) is 54.3. The van der Waals surface area contributed by atoms with Crippen LogP contribution in [0.3, 0.4) is 0 Å². The maximum atomic E-state index is 13.1. The first-order chi connectivity index (χ1) is 36.8. The van der Waals surface area contributed by atoms with Gasteiger partial charge in [-0.05, 0) is 44.9 Å². The average molecular weight is 1060 g/mol. The summed E-state index contributed by atoms with van der Waals surface area (Å²) in [5.41, 5.74) is 0. The minimum Gasteiger partial charge on any atom is -0.394 e. The minimum absolute atomic E-state index is 0.184. The second kappa shape index (κ2) is 55.7. The standard InChI is InChI=1S/C66H125NO8/c1-3-5-7-9-11-13-15-17-19-21-23-25-27-28-29-30-31-32-34-35-37-39-41-43-45-47-49-51-53-55-60(69)59(58-74-66-65(73)64(72)63(71)61(57-68)75-66)67-62(70)56-54-52-50-48-46-44-42-40-38-36-33-26-24-22-20-18-16-14-12-10-8-6-4-2/h37,39,45,47,53,55,59-61,63-66,68-69,71-73H,3-36,38,40-44,46,48-52,54,56-58H2,1-2H3,(H,67,70)/b39-37+,47-45+,55-53+. The topological polar surface area (TPSA) is 149 Å². The van der Waals surface area contributed by atoms with Crippen LogP contribution in [-0.4, -0.2) is 87.5 Å². The van der Waals surface area contributed by atoms with E-state index in [2.05, 4.69) is 43.5 Å². The van der Waals surface area contributed by atoms with Gasteiger partial charge in [0, 0.05) is 6.42 Å². The predicted octanol–water partition coefficient (Wildman–Crippen LogP) is 17.1. The molecule has 0 aromatic carbocycles. The summed E-state index contributed by atoms with van der Waals surface area (Å²) in [5.74, 6) is -0.184. The van der Waals surface area contributed by atoms with Crippen LogP contribution in [-0.2, 0) is 14.3 Å². The van der Waals surface area contributed by atoms with E-state index in [1.807, 2.05) is 6.08 Å². The van der Waals surface area contributed by atoms with E-state index in [0.717, 1.165) is 44.9 Å². The number of unbranched alkanes of at least 4 members (excludes halogenated alkanes) is 43. The van der Waals surface area contributed by atoms with E-state index in [1.165, 1.54) is 257 Å². The highest BCUT2D eigenvalue weighted by Crippen LogP contribution is 2.23. The molecule has 0 aromatic rings. The number of carbonyl (C=O) groups excluding carboxylic acids is 1. The van der Waals surface area contributed by atoms with E-state index in [9.17, 15) is 30.3 Å². The van der Waals surface area contributed by atoms with Gasteiger partial charge in [0.05, 0.1) is 25.4 Å². The Kier molecular flexibility index (Phi) is 53.1. The maximum Gasteiger partial charge on any atom is 0.220 e. The van der Waals surface area contributed by atoms with Gasteiger partial charge in [0.1, 0.15) is 24.4 Å². The first-order valence-electron chi connectivity index (χ1n) is 32.7. The number of aliphatic hydroxyl groups excluding tert-OH is 5. The van der Waals surface area contributed by atoms with E-state index >= 15 is 0 Å². The fourth-order valence-electron chi connectivity index (χ4n) is 10.5. The van der Waals surface area contributed by atoms with Crippen LogP contribution in [0.15, 0.2) is 36.5 Å². The van der Waals surface area contributed by atoms with Gasteiger partial charge in [-0.15, -0.1) is 0 Å². The normalized spacial score (nSPS) is 19.1. The summed E-state index contributed by atoms with van der Waals surface area (Å²) < 4.78 is 11.3. The molecule has 9 heteroatoms. The number of hydrogen-bond donors (Lipinski definition) is 6. The molecular weight excluding hydrogens is 935 g/mol. The number of allylic oxidation sites excluding steroid dienone is 5. The molecule has 0 saturated carbocycles. The van der Waals surface area contributed by atoms with Crippen LogP contribution in [0.2, 0.25) is 0 Å². The van der Waals surface area contributed by atoms with Crippen LogP contribution in [0.25, 0.3) is 0 Å². The predicted molar refractivity (Wildman–Crippen MR) is 318 cm³/mol. The lowest BCUT2D eigenvalue weighted by molar-refractivity contribution is -0.302. The summed E-state index contributed by atoms with van der Waals surface area (Å²) in [6.45, 7) is 3.81. The van der Waals surface area contributed by atoms with Gasteiger partial charge in [0.15, 0.2) is 6.29 Å². The number of rotatable bonds is 57. The van der Waals surface area contributed by atoms with Crippen molar-refractivity contribution >= 4 is 5.91 Å². The Morgan fingerprint density at radius 2 is 0.760 bits per heavy atom. The zero-order valence-corrected chi connectivity index (χ0v) is 49.3. The molecule has 1 amide bonds. The molecule has 75 heavy (non-hydrogen) atoms. The Bertz CT molecular complexity index is 1270. The summed E-state index contributed by atoms with van der Waals surface area (Å²) in [5, 5.41) is 54.6. The number of aliphatic hydroxyl groups is 5. The van der Waals surface area contributed by atoms with Gasteiger partial charge in [-0.25, -0.2) is 0 Å². The van der Waals surface area contributed by atoms with E-state index in [4.69, 9.17) is 9.47 Å². The Morgan fingerprint density at radius 3 is 1.12 bits per heavy atom. The largest absolute Gasteiger partial charge is 0.394 e. The van der Waals surface area contributed by atoms with Gasteiger partial charge in [-0.1, -0.05) is 307 Å². The van der Waals surface area contributed by atoms with Crippen molar-refractivity contribution in [2.75, 3.05) is 13.2 Å². The number of amides is 1. The molecule has 1 fully saturated rings. The van der Waals surface area contributed by atoms with Crippen LogP contribution < -0.4 is 5.32 Å². The lowest BCUT2D eigenvalue weighted by Gasteiger charge is -2.40. The van der Waals surface area contributed by atoms with Crippen molar-refractivity contribution < 1.29 is 39.8 Å². The van der Waals surface area contributed by atoms with Crippen molar-refractivity contribution in [1.29, 1.82) is 0 Å². The molecule has 0 bridgehead atoms. The second-order valence-electron chi connectivity index (χ2n) is 22.9. The molecule has 0 radical (unpaired) electrons. The van der Waals surface area contributed by atoms with Gasteiger partial charge in [-0.2, -0.15) is 0 Å². The molecule has 1 saturated heterocycles. The molecule has 1 heterocycles. The summed E-state index contributed by atoms with van der Waals surface area (Å²) >= 11 is 0. The molecular formula is C66H125NO8. The lowest BCUT2D eigenvalue weighted by atomic mass is 9.99. The SMILES string of the molecule is CCCCCCCCCCCCCCCCCCCCC/C=C/CC/C=C/CC/C=C/C(O)C(COC1OC(CO)C(O)C(O)C1O)NC(=O)CCCCCCCCCCCCCCCCCCCCCCCCC. The van der Waals surface area contributed by atoms with E-state index in [-0.39, 0.29) is 12.5 Å². The van der Waals surface area contributed by atoms with Gasteiger partial charge >= 0.3 is 0 Å². The van der Waals surface area contributed by atoms with Crippen LogP contribution in [0, 0.1) is 0 Å². The second-order valence-corrected chi connectivity index (χ2v) is 22.9. The third-order valence-electron chi connectivity index (χ3n) is 15.7. The summed E-state index contributed by atoms with van der Waals surface area (Å²) in [6, 6.07) is -0.827. The van der Waals surface area contributed by atoms with Gasteiger partial charge < -0.3 is 40.3 Å². The Morgan fingerprint density at radius 1 is 0.440 bits per heavy atom. The Labute approximate surface area is 463 Å². The molecule has 1 rings (SSSR count). The van der Waals surface area contributed by atoms with Crippen molar-refractivity contribution in [3.8, 4) is 0 Å². The van der Waals surface area contributed by atoms with Crippen LogP contribution >= 0.6 is 0 Å². The van der Waals surface area contributed by atoms with Crippen molar-refractivity contribution in [3.63, 3.8) is 0 Å². The highest BCUT2D eigenvalue weighted by molar-refractivity contribution is 5.76. The summed E-state index contributed by atoms with van der Waals surface area (Å²) in [6.07, 6.45) is 66.7. The number of nitrogens with one attached hydrogen (secondary N) is 1. The van der Waals surface area contributed by atoms with Crippen molar-refractivity contribution in [1.82, 2.24) is 5.32 Å². The molecule has 1 aliphatic heterocycles. The van der Waals surface area contributed by atoms with Crippen molar-refractivity contribution in [2.24, 2.45) is 0 Å². The lowest BCUT2D eigenvalue weighted by Crippen LogP contribution is -2.60. The fraction of sp³-hybridized carbons (Fsp3) is 0.894. The summed E-state index contributed by atoms with van der Waals surface area (Å²) in [7, 11) is 0. The number of carbonyl (C=O) groups is 1. The van der Waals surface area contributed by atoms with E-state index in [1.54, 1.807) is 6.08 Å². The highest BCUT2D eigenvalue weighted by Gasteiger charge is 2.44. The molecule has 7 atom stereocenters. The maximum absolute atomic E-state index is 13.1. The Hall–Kier alpha value is -1.59. The van der Waals surface area contributed by atoms with E-state index in [0.29, 0.717) is 6.42 Å². The zero-order valence-electron chi connectivity index (χ0n) is 49.3. The molecule has 0 aliphatic carbocycles. The van der Waals surface area contributed by atoms with E-state index < -0.39 is 49.5 Å². The van der Waals surface area contributed by atoms with Gasteiger partial charge in [0.2, 0.25) is 5.91 Å². The molecule has 0 spiro atoms. The molecule has 442 valence electrons. The van der Waals surface area contributed by atoms with Crippen molar-refractivity contribution in [2.45, 2.75) is 365 Å². The van der Waals surface area contributed by atoms with Gasteiger partial charge in [-0.3, -0.25) is 4.79 Å². The third kappa shape index (κ3) is 44.9. The quantitative estimate of drug-likeness (QED) is 0.0261. The molecule has 1 aliphatic rings. The smallest absolute Gasteiger partial charge is 0.220 e. The third-order valence-corrected chi connectivity index (χ3v) is 15.7. The molecule has 0 aromatic heterocycles. The molecule has 9 nitrogen and oxygen atoms in total. The van der Waals surface area contributed by atoms with Crippen LogP contribution in [0.4, 0.5) is 0 Å². The average Bonchev–Trinajstić information content (AvgIpc) is 3.41.